The van der Waals surface area contributed by atoms with Gasteiger partial charge >= 0.3 is 11.9 Å². The van der Waals surface area contributed by atoms with Crippen molar-refractivity contribution in [2.24, 2.45) is 0 Å². The summed E-state index contributed by atoms with van der Waals surface area (Å²) in [6.45, 7) is 28.9. The maximum Gasteiger partial charge on any atom is 0.310 e. The Hall–Kier alpha value is -2.67. The van der Waals surface area contributed by atoms with Crippen LogP contribution in [-0.4, -0.2) is 90.9 Å². The molecule has 3 rings (SSSR count). The molecular formula is C38H62N2O6Si2. The molecule has 268 valence electrons. The smallest absolute Gasteiger partial charge is 0.310 e. The molecule has 0 amide bonds. The van der Waals surface area contributed by atoms with Gasteiger partial charge in [-0.1, -0.05) is 65.8 Å². The fourth-order valence-corrected chi connectivity index (χ4v) is 6.93. The van der Waals surface area contributed by atoms with Gasteiger partial charge in [-0.15, -0.1) is 0 Å². The van der Waals surface area contributed by atoms with E-state index in [4.69, 9.17) is 18.3 Å². The summed E-state index contributed by atoms with van der Waals surface area (Å²) in [4.78, 5) is 29.6. The number of piperazine rings is 1. The lowest BCUT2D eigenvalue weighted by atomic mass is 10.1. The van der Waals surface area contributed by atoms with Crippen LogP contribution in [0.1, 0.15) is 65.5 Å². The van der Waals surface area contributed by atoms with Crippen molar-refractivity contribution >= 4 is 28.6 Å². The summed E-state index contributed by atoms with van der Waals surface area (Å²) in [5.41, 5.74) is 1.87. The highest BCUT2D eigenvalue weighted by Gasteiger charge is 2.39. The molecule has 0 saturated carbocycles. The van der Waals surface area contributed by atoms with Crippen molar-refractivity contribution < 1.29 is 27.9 Å². The highest BCUT2D eigenvalue weighted by molar-refractivity contribution is 6.75. The van der Waals surface area contributed by atoms with Gasteiger partial charge in [0, 0.05) is 39.3 Å². The summed E-state index contributed by atoms with van der Waals surface area (Å²) in [6, 6.07) is 15.7. The van der Waals surface area contributed by atoms with E-state index in [1.165, 1.54) is 0 Å². The fourth-order valence-electron chi connectivity index (χ4n) is 4.87. The molecular weight excluding hydrogens is 637 g/mol. The summed E-state index contributed by atoms with van der Waals surface area (Å²) in [5, 5.41) is 0.274. The number of rotatable bonds is 16. The summed E-state index contributed by atoms with van der Waals surface area (Å²) >= 11 is 0. The first-order chi connectivity index (χ1) is 22.3. The normalized spacial score (nSPS) is 15.2. The predicted octanol–water partition coefficient (Wildman–Crippen LogP) is 7.72. The van der Waals surface area contributed by atoms with Crippen molar-refractivity contribution in [2.45, 2.75) is 103 Å². The molecule has 1 fully saturated rings. The van der Waals surface area contributed by atoms with Crippen molar-refractivity contribution in [2.75, 3.05) is 52.5 Å². The third-order valence-corrected chi connectivity index (χ3v) is 18.8. The van der Waals surface area contributed by atoms with Gasteiger partial charge in [-0.25, -0.2) is 0 Å². The predicted molar refractivity (Wildman–Crippen MR) is 200 cm³/mol. The van der Waals surface area contributed by atoms with Gasteiger partial charge in [0.1, 0.15) is 11.5 Å². The Morgan fingerprint density at radius 3 is 1.19 bits per heavy atom. The highest BCUT2D eigenvalue weighted by atomic mass is 28.4. The van der Waals surface area contributed by atoms with Gasteiger partial charge < -0.3 is 28.1 Å². The van der Waals surface area contributed by atoms with Crippen LogP contribution in [0.4, 0.5) is 0 Å². The molecule has 1 heterocycles. The first-order valence-electron chi connectivity index (χ1n) is 17.7. The number of carbonyl (C=O) groups is 2. The van der Waals surface area contributed by atoms with E-state index in [9.17, 15) is 9.59 Å². The Kier molecular flexibility index (Phi) is 14.3. The minimum absolute atomic E-state index is 0.137. The van der Waals surface area contributed by atoms with Gasteiger partial charge in [-0.05, 0) is 84.5 Å². The van der Waals surface area contributed by atoms with Crippen LogP contribution in [0, 0.1) is 0 Å². The molecule has 8 nitrogen and oxygen atoms in total. The molecule has 48 heavy (non-hydrogen) atoms. The summed E-state index contributed by atoms with van der Waals surface area (Å²) in [5.74, 6) is 1.35. The van der Waals surface area contributed by atoms with Crippen LogP contribution in [0.25, 0.3) is 0 Å². The lowest BCUT2D eigenvalue weighted by molar-refractivity contribution is -0.144. The summed E-state index contributed by atoms with van der Waals surface area (Å²) in [6.07, 6.45) is 2.20. The summed E-state index contributed by atoms with van der Waals surface area (Å²) in [7, 11) is -3.77. The van der Waals surface area contributed by atoms with Crippen LogP contribution in [0.2, 0.25) is 36.3 Å². The Morgan fingerprint density at radius 1 is 0.583 bits per heavy atom. The average Bonchev–Trinajstić information content (AvgIpc) is 2.99. The molecule has 0 radical (unpaired) electrons. The van der Waals surface area contributed by atoms with Crippen LogP contribution in [-0.2, 0) is 31.9 Å². The number of hydrogen-bond donors (Lipinski definition) is 0. The van der Waals surface area contributed by atoms with E-state index in [-0.39, 0.29) is 34.9 Å². The number of ether oxygens (including phenoxy) is 2. The van der Waals surface area contributed by atoms with E-state index < -0.39 is 16.6 Å². The van der Waals surface area contributed by atoms with Gasteiger partial charge in [0.25, 0.3) is 0 Å². The zero-order valence-electron chi connectivity index (χ0n) is 31.4. The largest absolute Gasteiger partial charge is 0.544 e. The lowest BCUT2D eigenvalue weighted by Crippen LogP contribution is -2.47. The quantitative estimate of drug-likeness (QED) is 0.100. The van der Waals surface area contributed by atoms with Gasteiger partial charge in [-0.2, -0.15) is 0 Å². The number of hydrogen-bond acceptors (Lipinski definition) is 8. The monoisotopic (exact) mass is 698 g/mol. The minimum Gasteiger partial charge on any atom is -0.544 e. The molecule has 0 bridgehead atoms. The Bertz CT molecular complexity index is 1190. The van der Waals surface area contributed by atoms with Gasteiger partial charge in [0.05, 0.1) is 26.1 Å². The molecule has 0 N–H and O–H groups in total. The first kappa shape index (κ1) is 39.8. The average molecular weight is 699 g/mol. The molecule has 2 aromatic rings. The minimum atomic E-state index is -1.88. The third kappa shape index (κ3) is 13.0. The Morgan fingerprint density at radius 2 is 0.896 bits per heavy atom. The van der Waals surface area contributed by atoms with E-state index in [0.29, 0.717) is 13.2 Å². The topological polar surface area (TPSA) is 77.5 Å². The molecule has 0 aliphatic carbocycles. The Balaban J connectivity index is 1.22. The number of nitrogens with zero attached hydrogens (tertiary/aromatic N) is 2. The molecule has 1 aliphatic rings. The maximum atomic E-state index is 12.4. The molecule has 1 saturated heterocycles. The SMILES string of the molecule is CC(C)(C)[Si](C)(C)Oc1ccc(CC(=O)OCCCN2CCN(CCCOC(=O)Cc3ccc(O[Si](C)(C)C(C)(C)C)cc3)CC2)cc1. The van der Waals surface area contributed by atoms with Gasteiger partial charge in [0.15, 0.2) is 0 Å². The number of benzene rings is 2. The van der Waals surface area contributed by atoms with Crippen LogP contribution >= 0.6 is 0 Å². The second-order valence-electron chi connectivity index (χ2n) is 16.2. The van der Waals surface area contributed by atoms with Crippen LogP contribution in [0.15, 0.2) is 48.5 Å². The first-order valence-corrected chi connectivity index (χ1v) is 23.5. The summed E-state index contributed by atoms with van der Waals surface area (Å²) < 4.78 is 23.7. The molecule has 0 unspecified atom stereocenters. The molecule has 10 heteroatoms. The molecule has 0 aromatic heterocycles. The van der Waals surface area contributed by atoms with E-state index in [2.05, 4.69) is 77.5 Å². The van der Waals surface area contributed by atoms with Crippen molar-refractivity contribution in [3.8, 4) is 11.5 Å². The van der Waals surface area contributed by atoms with Gasteiger partial charge in [-0.3, -0.25) is 9.59 Å². The number of esters is 2. The standard InChI is InChI=1S/C38H62N2O6Si2/c1-37(2,3)47(7,8)45-33-17-13-31(14-18-33)29-35(41)43-27-11-21-39-23-25-40(26-24-39)22-12-28-44-36(42)30-32-15-19-34(20-16-32)46-48(9,10)38(4,5)6/h13-20H,11-12,21-30H2,1-10H3. The highest BCUT2D eigenvalue weighted by Crippen LogP contribution is 2.38. The lowest BCUT2D eigenvalue weighted by Gasteiger charge is -2.36. The van der Waals surface area contributed by atoms with Crippen molar-refractivity contribution in [3.05, 3.63) is 59.7 Å². The van der Waals surface area contributed by atoms with Crippen molar-refractivity contribution in [3.63, 3.8) is 0 Å². The third-order valence-electron chi connectivity index (χ3n) is 10.1. The van der Waals surface area contributed by atoms with E-state index in [1.54, 1.807) is 0 Å². The van der Waals surface area contributed by atoms with Gasteiger partial charge in [0.2, 0.25) is 16.6 Å². The number of carbonyl (C=O) groups excluding carboxylic acids is 2. The molecule has 1 aliphatic heterocycles. The molecule has 0 atom stereocenters. The molecule has 2 aromatic carbocycles. The van der Waals surface area contributed by atoms with Crippen LogP contribution in [0.5, 0.6) is 11.5 Å². The van der Waals surface area contributed by atoms with E-state index in [1.807, 2.05) is 48.5 Å². The Labute approximate surface area is 292 Å². The zero-order valence-corrected chi connectivity index (χ0v) is 33.4. The fraction of sp³-hybridized carbons (Fsp3) is 0.632. The van der Waals surface area contributed by atoms with Crippen LogP contribution in [0.3, 0.4) is 0 Å². The van der Waals surface area contributed by atoms with Crippen LogP contribution < -0.4 is 8.85 Å². The maximum absolute atomic E-state index is 12.4. The second-order valence-corrected chi connectivity index (χ2v) is 25.6. The van der Waals surface area contributed by atoms with Crippen molar-refractivity contribution in [1.82, 2.24) is 9.80 Å². The van der Waals surface area contributed by atoms with E-state index >= 15 is 0 Å². The molecule has 0 spiro atoms. The van der Waals surface area contributed by atoms with E-state index in [0.717, 1.165) is 74.7 Å². The van der Waals surface area contributed by atoms with Crippen molar-refractivity contribution in [1.29, 1.82) is 0 Å². The second kappa shape index (κ2) is 17.3. The zero-order chi connectivity index (χ0) is 35.6.